The maximum atomic E-state index is 3.26. The second-order valence-corrected chi connectivity index (χ2v) is 4.95. The second-order valence-electron chi connectivity index (χ2n) is 4.95. The normalized spacial score (nSPS) is 10.2. The second kappa shape index (κ2) is 7.11. The Kier molecular flexibility index (Phi) is 4.50. The molecule has 3 rings (SSSR count). The summed E-state index contributed by atoms with van der Waals surface area (Å²) in [6, 6.07) is 28.6. The highest BCUT2D eigenvalue weighted by atomic mass is 14.0. The van der Waals surface area contributed by atoms with Gasteiger partial charge in [-0.3, -0.25) is 0 Å². The minimum absolute atomic E-state index is 1.03. The molecule has 0 bridgehead atoms. The number of hydrogen-bond acceptors (Lipinski definition) is 0. The van der Waals surface area contributed by atoms with Crippen molar-refractivity contribution in [3.05, 3.63) is 107 Å². The summed E-state index contributed by atoms with van der Waals surface area (Å²) in [5.41, 5.74) is 4.39. The Balaban J connectivity index is 1.88. The molecule has 0 spiro atoms. The van der Waals surface area contributed by atoms with Gasteiger partial charge < -0.3 is 0 Å². The molecule has 22 heavy (non-hydrogen) atoms. The summed E-state index contributed by atoms with van der Waals surface area (Å²) in [5, 5.41) is 0. The van der Waals surface area contributed by atoms with Gasteiger partial charge >= 0.3 is 0 Å². The van der Waals surface area contributed by atoms with Crippen molar-refractivity contribution in [2.75, 3.05) is 0 Å². The average molecular weight is 280 g/mol. The summed E-state index contributed by atoms with van der Waals surface area (Å²) in [6.45, 7) is 0. The molecule has 0 atom stereocenters. The van der Waals surface area contributed by atoms with E-state index in [1.165, 1.54) is 5.56 Å². The molecular weight excluding hydrogens is 264 g/mol. The van der Waals surface area contributed by atoms with Crippen LogP contribution in [0.5, 0.6) is 0 Å². The Morgan fingerprint density at radius 1 is 0.545 bits per heavy atom. The lowest BCUT2D eigenvalue weighted by Gasteiger charge is -1.98. The quantitative estimate of drug-likeness (QED) is 0.444. The highest BCUT2D eigenvalue weighted by Gasteiger charge is 1.94. The first-order valence-electron chi connectivity index (χ1n) is 7.31. The molecule has 0 aliphatic carbocycles. The van der Waals surface area contributed by atoms with E-state index in [1.54, 1.807) is 0 Å². The van der Waals surface area contributed by atoms with Crippen LogP contribution >= 0.6 is 0 Å². The molecule has 0 aliphatic heterocycles. The molecule has 0 heteroatoms. The predicted octanol–water partition coefficient (Wildman–Crippen LogP) is 5.26. The van der Waals surface area contributed by atoms with Crippen molar-refractivity contribution < 1.29 is 0 Å². The molecule has 104 valence electrons. The molecule has 0 N–H and O–H groups in total. The van der Waals surface area contributed by atoms with Gasteiger partial charge in [-0.1, -0.05) is 90.7 Å². The molecule has 0 fully saturated rings. The van der Waals surface area contributed by atoms with Crippen molar-refractivity contribution in [1.82, 2.24) is 0 Å². The number of benzene rings is 3. The predicted molar refractivity (Wildman–Crippen MR) is 94.2 cm³/mol. The van der Waals surface area contributed by atoms with Gasteiger partial charge in [-0.2, -0.15) is 0 Å². The molecule has 0 unspecified atom stereocenters. The lowest BCUT2D eigenvalue weighted by Crippen LogP contribution is -1.81. The molecule has 0 nitrogen and oxygen atoms in total. The Labute approximate surface area is 131 Å². The third-order valence-electron chi connectivity index (χ3n) is 3.33. The van der Waals surface area contributed by atoms with Crippen LogP contribution in [0.2, 0.25) is 0 Å². The Morgan fingerprint density at radius 2 is 1.18 bits per heavy atom. The van der Waals surface area contributed by atoms with Crippen LogP contribution in [0.25, 0.3) is 12.2 Å². The Hall–Kier alpha value is -3.04. The standard InChI is InChI=1S/C22H16/c1-3-9-19(10-4-1)15-17-21-13-7-8-14-22(21)18-16-20-11-5-2-6-12-20/h1-15,17H/b17-15+. The van der Waals surface area contributed by atoms with Gasteiger partial charge in [0.05, 0.1) is 0 Å². The van der Waals surface area contributed by atoms with E-state index in [0.717, 1.165) is 16.7 Å². The molecular formula is C22H16. The Bertz CT molecular complexity index is 816. The van der Waals surface area contributed by atoms with E-state index in [9.17, 15) is 0 Å². The van der Waals surface area contributed by atoms with E-state index in [0.29, 0.717) is 0 Å². The lowest BCUT2D eigenvalue weighted by atomic mass is 10.1. The Morgan fingerprint density at radius 3 is 1.95 bits per heavy atom. The summed E-state index contributed by atoms with van der Waals surface area (Å²) < 4.78 is 0. The summed E-state index contributed by atoms with van der Waals surface area (Å²) in [6.07, 6.45) is 4.23. The molecule has 0 aromatic heterocycles. The molecule has 3 aromatic rings. The smallest absolute Gasteiger partial charge is 0.0321 e. The van der Waals surface area contributed by atoms with Gasteiger partial charge in [-0.15, -0.1) is 0 Å². The maximum Gasteiger partial charge on any atom is 0.0321 e. The average Bonchev–Trinajstić information content (AvgIpc) is 2.61. The van der Waals surface area contributed by atoms with Gasteiger partial charge in [0.15, 0.2) is 0 Å². The fraction of sp³-hybridized carbons (Fsp3) is 0. The fourth-order valence-electron chi connectivity index (χ4n) is 2.17. The highest BCUT2D eigenvalue weighted by molar-refractivity contribution is 5.73. The van der Waals surface area contributed by atoms with E-state index >= 15 is 0 Å². The van der Waals surface area contributed by atoms with Gasteiger partial charge in [0.1, 0.15) is 0 Å². The summed E-state index contributed by atoms with van der Waals surface area (Å²) >= 11 is 0. The summed E-state index contributed by atoms with van der Waals surface area (Å²) in [4.78, 5) is 0. The van der Waals surface area contributed by atoms with Gasteiger partial charge in [0.25, 0.3) is 0 Å². The number of hydrogen-bond donors (Lipinski definition) is 0. The van der Waals surface area contributed by atoms with Crippen molar-refractivity contribution >= 4 is 12.2 Å². The SMILES string of the molecule is C(#Cc1ccccc1/C=C/c1ccccc1)c1ccccc1. The van der Waals surface area contributed by atoms with E-state index in [2.05, 4.69) is 48.3 Å². The maximum absolute atomic E-state index is 3.26. The monoisotopic (exact) mass is 280 g/mol. The van der Waals surface area contributed by atoms with Gasteiger partial charge in [0, 0.05) is 11.1 Å². The van der Waals surface area contributed by atoms with Crippen molar-refractivity contribution in [2.45, 2.75) is 0 Å². The molecule has 0 saturated heterocycles. The fourth-order valence-corrected chi connectivity index (χ4v) is 2.17. The minimum atomic E-state index is 1.03. The van der Waals surface area contributed by atoms with Crippen LogP contribution in [0.3, 0.4) is 0 Å². The molecule has 0 amide bonds. The van der Waals surface area contributed by atoms with Crippen LogP contribution in [0, 0.1) is 11.8 Å². The molecule has 3 aromatic carbocycles. The zero-order valence-corrected chi connectivity index (χ0v) is 12.2. The van der Waals surface area contributed by atoms with Gasteiger partial charge in [0.2, 0.25) is 0 Å². The van der Waals surface area contributed by atoms with E-state index < -0.39 is 0 Å². The third-order valence-corrected chi connectivity index (χ3v) is 3.33. The minimum Gasteiger partial charge on any atom is -0.0622 e. The van der Waals surface area contributed by atoms with Crippen molar-refractivity contribution in [1.29, 1.82) is 0 Å². The van der Waals surface area contributed by atoms with Crippen molar-refractivity contribution in [3.63, 3.8) is 0 Å². The van der Waals surface area contributed by atoms with Crippen LogP contribution in [0.4, 0.5) is 0 Å². The third kappa shape index (κ3) is 3.75. The van der Waals surface area contributed by atoms with E-state index in [1.807, 2.05) is 60.7 Å². The molecule has 0 heterocycles. The van der Waals surface area contributed by atoms with Gasteiger partial charge in [-0.25, -0.2) is 0 Å². The van der Waals surface area contributed by atoms with Crippen LogP contribution in [0.1, 0.15) is 22.3 Å². The largest absolute Gasteiger partial charge is 0.0622 e. The zero-order valence-electron chi connectivity index (χ0n) is 12.2. The van der Waals surface area contributed by atoms with Crippen LogP contribution in [-0.4, -0.2) is 0 Å². The van der Waals surface area contributed by atoms with E-state index in [4.69, 9.17) is 0 Å². The van der Waals surface area contributed by atoms with Crippen LogP contribution < -0.4 is 0 Å². The first-order valence-corrected chi connectivity index (χ1v) is 7.31. The van der Waals surface area contributed by atoms with Crippen molar-refractivity contribution in [3.8, 4) is 11.8 Å². The van der Waals surface area contributed by atoms with Crippen LogP contribution in [-0.2, 0) is 0 Å². The van der Waals surface area contributed by atoms with Crippen LogP contribution in [0.15, 0.2) is 84.9 Å². The van der Waals surface area contributed by atoms with Gasteiger partial charge in [-0.05, 0) is 29.3 Å². The summed E-state index contributed by atoms with van der Waals surface area (Å²) in [7, 11) is 0. The number of rotatable bonds is 2. The topological polar surface area (TPSA) is 0 Å². The van der Waals surface area contributed by atoms with E-state index in [-0.39, 0.29) is 0 Å². The summed E-state index contributed by atoms with van der Waals surface area (Å²) in [5.74, 6) is 6.48. The first kappa shape index (κ1) is 13.9. The first-order chi connectivity index (χ1) is 10.9. The lowest BCUT2D eigenvalue weighted by molar-refractivity contribution is 1.59. The molecule has 0 saturated carbocycles. The zero-order chi connectivity index (χ0) is 15.0. The highest BCUT2D eigenvalue weighted by Crippen LogP contribution is 2.12. The van der Waals surface area contributed by atoms with Crippen molar-refractivity contribution in [2.24, 2.45) is 0 Å². The molecule has 0 radical (unpaired) electrons. The molecule has 0 aliphatic rings.